The van der Waals surface area contributed by atoms with Crippen LogP contribution in [0.2, 0.25) is 5.02 Å². The Morgan fingerprint density at radius 1 is 1.26 bits per heavy atom. The van der Waals surface area contributed by atoms with Crippen LogP contribution < -0.4 is 10.9 Å². The number of carbonyl (C=O) groups is 1. The highest BCUT2D eigenvalue weighted by atomic mass is 79.9. The molecule has 0 saturated carbocycles. The molecule has 1 aliphatic rings. The second-order valence-electron chi connectivity index (χ2n) is 7.05. The fourth-order valence-electron chi connectivity index (χ4n) is 3.56. The van der Waals surface area contributed by atoms with Crippen LogP contribution in [0.15, 0.2) is 56.3 Å². The van der Waals surface area contributed by atoms with Gasteiger partial charge in [0.15, 0.2) is 5.76 Å². The van der Waals surface area contributed by atoms with Gasteiger partial charge in [-0.25, -0.2) is 4.98 Å². The number of aryl methyl sites for hydroxylation is 1. The van der Waals surface area contributed by atoms with Crippen LogP contribution in [-0.4, -0.2) is 25.7 Å². The molecule has 1 amide bonds. The van der Waals surface area contributed by atoms with Gasteiger partial charge >= 0.3 is 0 Å². The number of hydrogen-bond acceptors (Lipinski definition) is 5. The van der Waals surface area contributed by atoms with E-state index in [1.807, 2.05) is 0 Å². The molecule has 31 heavy (non-hydrogen) atoms. The number of nitrogens with one attached hydrogen (secondary N) is 2. The molecule has 0 fully saturated rings. The third kappa shape index (κ3) is 3.70. The molecule has 3 aromatic heterocycles. The zero-order chi connectivity index (χ0) is 21.5. The number of hydrogen-bond donors (Lipinski definition) is 2. The second-order valence-corrected chi connectivity index (χ2v) is 8.37. The number of carbonyl (C=O) groups excluding carboxylic acids is 1. The number of fused-ring (bicyclic) bond motifs is 1. The minimum atomic E-state index is -0.429. The number of benzene rings is 1. The standard InChI is InChI=1S/C21H15BrClN5O3/c22-11-6-7-14(23)13(9-11)20(30)25-18-10-16(17-5-2-8-31-17)27-28(18)21-24-15-4-1-3-12(15)19(29)26-21/h2,5-10H,1,3-4H2,(H,25,30)(H,24,26,29). The minimum absolute atomic E-state index is 0.195. The predicted octanol–water partition coefficient (Wildman–Crippen LogP) is 4.37. The van der Waals surface area contributed by atoms with E-state index in [2.05, 4.69) is 36.3 Å². The summed E-state index contributed by atoms with van der Waals surface area (Å²) in [5, 5.41) is 7.63. The Morgan fingerprint density at radius 2 is 2.13 bits per heavy atom. The summed E-state index contributed by atoms with van der Waals surface area (Å²) >= 11 is 9.56. The molecule has 4 aromatic rings. The Kier molecular flexibility index (Phi) is 4.99. The van der Waals surface area contributed by atoms with Crippen LogP contribution in [0.25, 0.3) is 17.4 Å². The number of aromatic amines is 1. The molecule has 3 heterocycles. The van der Waals surface area contributed by atoms with Crippen molar-refractivity contribution in [1.29, 1.82) is 0 Å². The Balaban J connectivity index is 1.60. The molecule has 0 aliphatic heterocycles. The summed E-state index contributed by atoms with van der Waals surface area (Å²) in [7, 11) is 0. The molecule has 10 heteroatoms. The zero-order valence-corrected chi connectivity index (χ0v) is 18.3. The third-order valence-corrected chi connectivity index (χ3v) is 5.85. The van der Waals surface area contributed by atoms with Gasteiger partial charge in [-0.3, -0.25) is 14.6 Å². The maximum absolute atomic E-state index is 12.9. The van der Waals surface area contributed by atoms with E-state index in [1.54, 1.807) is 36.4 Å². The molecular formula is C21H15BrClN5O3. The van der Waals surface area contributed by atoms with Crippen LogP contribution in [-0.2, 0) is 12.8 Å². The van der Waals surface area contributed by atoms with Crippen molar-refractivity contribution < 1.29 is 9.21 Å². The van der Waals surface area contributed by atoms with Crippen LogP contribution in [0, 0.1) is 0 Å². The first-order valence-corrected chi connectivity index (χ1v) is 10.7. The molecule has 0 bridgehead atoms. The summed E-state index contributed by atoms with van der Waals surface area (Å²) < 4.78 is 7.55. The molecule has 0 radical (unpaired) electrons. The molecular weight excluding hydrogens is 486 g/mol. The molecule has 1 aliphatic carbocycles. The van der Waals surface area contributed by atoms with E-state index in [9.17, 15) is 9.59 Å². The van der Waals surface area contributed by atoms with Crippen LogP contribution in [0.3, 0.4) is 0 Å². The number of furan rings is 1. The third-order valence-electron chi connectivity index (χ3n) is 5.03. The number of nitrogens with zero attached hydrogens (tertiary/aromatic N) is 3. The largest absolute Gasteiger partial charge is 0.463 e. The lowest BCUT2D eigenvalue weighted by Gasteiger charge is -2.10. The SMILES string of the molecule is O=C(Nc1cc(-c2ccco2)nn1-c1nc2c(c(=O)[nH]1)CCC2)c1cc(Br)ccc1Cl. The van der Waals surface area contributed by atoms with Gasteiger partial charge in [0.25, 0.3) is 11.5 Å². The molecule has 5 rings (SSSR count). The lowest BCUT2D eigenvalue weighted by Crippen LogP contribution is -2.21. The molecule has 8 nitrogen and oxygen atoms in total. The van der Waals surface area contributed by atoms with Crippen LogP contribution in [0.4, 0.5) is 5.82 Å². The number of halogens is 2. The van der Waals surface area contributed by atoms with Gasteiger partial charge in [-0.2, -0.15) is 9.78 Å². The lowest BCUT2D eigenvalue weighted by atomic mass is 10.2. The van der Waals surface area contributed by atoms with Crippen molar-refractivity contribution in [2.75, 3.05) is 5.32 Å². The predicted molar refractivity (Wildman–Crippen MR) is 119 cm³/mol. The van der Waals surface area contributed by atoms with Gasteiger partial charge < -0.3 is 9.73 Å². The summed E-state index contributed by atoms with van der Waals surface area (Å²) in [6.07, 6.45) is 3.85. The number of anilines is 1. The topological polar surface area (TPSA) is 106 Å². The summed E-state index contributed by atoms with van der Waals surface area (Å²) in [6.45, 7) is 0. The zero-order valence-electron chi connectivity index (χ0n) is 16.0. The smallest absolute Gasteiger partial charge is 0.258 e. The average molecular weight is 501 g/mol. The maximum Gasteiger partial charge on any atom is 0.258 e. The van der Waals surface area contributed by atoms with Gasteiger partial charge in [-0.1, -0.05) is 27.5 Å². The van der Waals surface area contributed by atoms with E-state index in [0.29, 0.717) is 39.8 Å². The van der Waals surface area contributed by atoms with Gasteiger partial charge in [0.05, 0.1) is 22.5 Å². The fourth-order valence-corrected chi connectivity index (χ4v) is 4.12. The molecule has 2 N–H and O–H groups in total. The quantitative estimate of drug-likeness (QED) is 0.433. The van der Waals surface area contributed by atoms with Gasteiger partial charge in [-0.15, -0.1) is 0 Å². The second kappa shape index (κ2) is 7.82. The van der Waals surface area contributed by atoms with E-state index in [1.165, 1.54) is 10.9 Å². The fraction of sp³-hybridized carbons (Fsp3) is 0.143. The van der Waals surface area contributed by atoms with Crippen molar-refractivity contribution in [3.8, 4) is 17.4 Å². The Hall–Kier alpha value is -3.17. The summed E-state index contributed by atoms with van der Waals surface area (Å²) in [4.78, 5) is 32.8. The van der Waals surface area contributed by atoms with E-state index >= 15 is 0 Å². The molecule has 0 atom stereocenters. The lowest BCUT2D eigenvalue weighted by molar-refractivity contribution is 0.102. The van der Waals surface area contributed by atoms with Crippen LogP contribution >= 0.6 is 27.5 Å². The van der Waals surface area contributed by atoms with Crippen molar-refractivity contribution in [2.24, 2.45) is 0 Å². The average Bonchev–Trinajstić information content (AvgIpc) is 3.49. The number of aromatic nitrogens is 4. The van der Waals surface area contributed by atoms with Gasteiger partial charge in [0.1, 0.15) is 11.5 Å². The van der Waals surface area contributed by atoms with E-state index < -0.39 is 5.91 Å². The van der Waals surface area contributed by atoms with Crippen molar-refractivity contribution in [3.05, 3.63) is 79.3 Å². The van der Waals surface area contributed by atoms with E-state index in [4.69, 9.17) is 16.0 Å². The van der Waals surface area contributed by atoms with E-state index in [0.717, 1.165) is 23.0 Å². The summed E-state index contributed by atoms with van der Waals surface area (Å²) in [6, 6.07) is 10.1. The summed E-state index contributed by atoms with van der Waals surface area (Å²) in [5.41, 5.74) is 2.03. The highest BCUT2D eigenvalue weighted by molar-refractivity contribution is 9.10. The Labute approximate surface area is 189 Å². The van der Waals surface area contributed by atoms with Gasteiger partial charge in [0.2, 0.25) is 5.95 Å². The molecule has 0 unspecified atom stereocenters. The van der Waals surface area contributed by atoms with Crippen molar-refractivity contribution in [1.82, 2.24) is 19.7 Å². The Bertz CT molecular complexity index is 1360. The minimum Gasteiger partial charge on any atom is -0.463 e. The Morgan fingerprint density at radius 3 is 2.94 bits per heavy atom. The molecule has 0 spiro atoms. The molecule has 0 saturated heterocycles. The van der Waals surface area contributed by atoms with Crippen molar-refractivity contribution >= 4 is 39.3 Å². The number of H-pyrrole nitrogens is 1. The first-order valence-electron chi connectivity index (χ1n) is 9.52. The molecule has 1 aromatic carbocycles. The highest BCUT2D eigenvalue weighted by Crippen LogP contribution is 2.27. The number of rotatable bonds is 4. The first-order chi connectivity index (χ1) is 15.0. The number of amides is 1. The van der Waals surface area contributed by atoms with Gasteiger partial charge in [-0.05, 0) is 49.6 Å². The van der Waals surface area contributed by atoms with Crippen molar-refractivity contribution in [2.45, 2.75) is 19.3 Å². The van der Waals surface area contributed by atoms with Gasteiger partial charge in [0, 0.05) is 16.1 Å². The first kappa shape index (κ1) is 19.8. The van der Waals surface area contributed by atoms with Crippen LogP contribution in [0.5, 0.6) is 0 Å². The monoisotopic (exact) mass is 499 g/mol. The summed E-state index contributed by atoms with van der Waals surface area (Å²) in [5.74, 6) is 0.618. The normalized spacial score (nSPS) is 12.7. The highest BCUT2D eigenvalue weighted by Gasteiger charge is 2.22. The van der Waals surface area contributed by atoms with E-state index in [-0.39, 0.29) is 11.5 Å². The van der Waals surface area contributed by atoms with Crippen molar-refractivity contribution in [3.63, 3.8) is 0 Å². The van der Waals surface area contributed by atoms with Crippen LogP contribution in [0.1, 0.15) is 28.0 Å². The molecule has 156 valence electrons. The maximum atomic E-state index is 12.9.